The van der Waals surface area contributed by atoms with E-state index in [1.54, 1.807) is 0 Å². The average Bonchev–Trinajstić information content (AvgIpc) is 3.06. The van der Waals surface area contributed by atoms with Crippen molar-refractivity contribution in [1.29, 1.82) is 0 Å². The van der Waals surface area contributed by atoms with Gasteiger partial charge in [-0.05, 0) is 73.2 Å². The fourth-order valence-electron chi connectivity index (χ4n) is 6.24. The predicted octanol–water partition coefficient (Wildman–Crippen LogP) is 6.25. The number of hydrogen-bond donors (Lipinski definition) is 1. The molecule has 1 N–H and O–H groups in total. The molecule has 1 aromatic rings. The molecule has 1 aromatic carbocycles. The zero-order valence-electron chi connectivity index (χ0n) is 18.5. The number of benzene rings is 1. The SMILES string of the molecule is CC1(C)[C@@H]2CC[C@]1(C)[C@@H](OCCN(C(=S)Nc1ccccc1)C1CCCCC1)C2. The first-order valence-electron chi connectivity index (χ1n) is 11.7. The number of hydrogen-bond acceptors (Lipinski definition) is 2. The topological polar surface area (TPSA) is 24.5 Å². The summed E-state index contributed by atoms with van der Waals surface area (Å²) in [5, 5.41) is 4.32. The van der Waals surface area contributed by atoms with E-state index in [4.69, 9.17) is 17.0 Å². The highest BCUT2D eigenvalue weighted by molar-refractivity contribution is 7.80. The summed E-state index contributed by atoms with van der Waals surface area (Å²) in [6, 6.07) is 10.9. The lowest BCUT2D eigenvalue weighted by atomic mass is 9.70. The number of nitrogens with one attached hydrogen (secondary N) is 1. The van der Waals surface area contributed by atoms with E-state index in [2.05, 4.69) is 55.3 Å². The molecular formula is C25H38N2OS. The first-order valence-corrected chi connectivity index (χ1v) is 12.1. The molecule has 3 saturated carbocycles. The van der Waals surface area contributed by atoms with Gasteiger partial charge in [0.15, 0.2) is 5.11 Å². The molecule has 4 heteroatoms. The maximum Gasteiger partial charge on any atom is 0.173 e. The van der Waals surface area contributed by atoms with Crippen molar-refractivity contribution in [2.75, 3.05) is 18.5 Å². The van der Waals surface area contributed by atoms with Gasteiger partial charge in [0.25, 0.3) is 0 Å². The standard InChI is InChI=1S/C25H38N2OS/c1-24(2)19-14-15-25(24,3)22(18-19)28-17-16-27(21-12-8-5-9-13-21)23(29)26-20-10-6-4-7-11-20/h4,6-7,10-11,19,21-22H,5,8-9,12-18H2,1-3H3,(H,26,29)/t19-,22+,25-/m1/s1. The molecule has 0 unspecified atom stereocenters. The monoisotopic (exact) mass is 414 g/mol. The second kappa shape index (κ2) is 8.55. The van der Waals surface area contributed by atoms with Crippen LogP contribution in [0.1, 0.15) is 72.1 Å². The van der Waals surface area contributed by atoms with Crippen LogP contribution in [0.5, 0.6) is 0 Å². The van der Waals surface area contributed by atoms with Crippen LogP contribution >= 0.6 is 12.2 Å². The van der Waals surface area contributed by atoms with Crippen molar-refractivity contribution in [3.63, 3.8) is 0 Å². The number of para-hydroxylation sites is 1. The van der Waals surface area contributed by atoms with Crippen LogP contribution in [0, 0.1) is 16.7 Å². The highest BCUT2D eigenvalue weighted by Gasteiger charge is 2.61. The second-order valence-corrected chi connectivity index (χ2v) is 10.6. The third kappa shape index (κ3) is 4.07. The molecule has 3 nitrogen and oxygen atoms in total. The molecule has 4 rings (SSSR count). The Morgan fingerprint density at radius 1 is 1.10 bits per heavy atom. The lowest BCUT2D eigenvalue weighted by Crippen LogP contribution is -2.46. The van der Waals surface area contributed by atoms with Crippen molar-refractivity contribution in [1.82, 2.24) is 4.90 Å². The minimum atomic E-state index is 0.329. The zero-order chi connectivity index (χ0) is 20.5. The molecule has 160 valence electrons. The summed E-state index contributed by atoms with van der Waals surface area (Å²) in [7, 11) is 0. The van der Waals surface area contributed by atoms with E-state index in [1.807, 2.05) is 6.07 Å². The maximum atomic E-state index is 6.57. The Kier molecular flexibility index (Phi) is 6.22. The molecule has 0 saturated heterocycles. The van der Waals surface area contributed by atoms with Crippen LogP contribution in [0.3, 0.4) is 0 Å². The lowest BCUT2D eigenvalue weighted by Gasteiger charge is -2.40. The van der Waals surface area contributed by atoms with Crippen LogP contribution in [0.2, 0.25) is 0 Å². The lowest BCUT2D eigenvalue weighted by molar-refractivity contribution is -0.0505. The summed E-state index contributed by atoms with van der Waals surface area (Å²) in [6.45, 7) is 9.05. The molecule has 0 spiro atoms. The van der Waals surface area contributed by atoms with Gasteiger partial charge in [0.2, 0.25) is 0 Å². The number of thiocarbonyl (C=S) groups is 1. The Labute approximate surface area is 182 Å². The van der Waals surface area contributed by atoms with Gasteiger partial charge in [0.05, 0.1) is 12.7 Å². The summed E-state index contributed by atoms with van der Waals surface area (Å²) < 4.78 is 6.57. The van der Waals surface area contributed by atoms with Gasteiger partial charge in [0, 0.05) is 18.3 Å². The van der Waals surface area contributed by atoms with Crippen LogP contribution in [-0.4, -0.2) is 35.3 Å². The minimum absolute atomic E-state index is 0.329. The summed E-state index contributed by atoms with van der Waals surface area (Å²) in [4.78, 5) is 2.42. The fraction of sp³-hybridized carbons (Fsp3) is 0.720. The van der Waals surface area contributed by atoms with Gasteiger partial charge in [-0.15, -0.1) is 0 Å². The molecule has 0 amide bonds. The van der Waals surface area contributed by atoms with Crippen LogP contribution in [0.15, 0.2) is 30.3 Å². The third-order valence-electron chi connectivity index (χ3n) is 8.67. The Morgan fingerprint density at radius 3 is 2.45 bits per heavy atom. The summed E-state index contributed by atoms with van der Waals surface area (Å²) in [5.74, 6) is 0.827. The number of nitrogens with zero attached hydrogens (tertiary/aromatic N) is 1. The van der Waals surface area contributed by atoms with Crippen molar-refractivity contribution in [2.24, 2.45) is 16.7 Å². The van der Waals surface area contributed by atoms with E-state index in [0.29, 0.717) is 23.0 Å². The Bertz CT molecular complexity index is 700. The molecule has 2 bridgehead atoms. The summed E-state index contributed by atoms with van der Waals surface area (Å²) in [5.41, 5.74) is 1.81. The minimum Gasteiger partial charge on any atom is -0.376 e. The number of rotatable bonds is 6. The van der Waals surface area contributed by atoms with E-state index in [1.165, 1.54) is 51.4 Å². The molecule has 3 aliphatic carbocycles. The van der Waals surface area contributed by atoms with Crippen molar-refractivity contribution >= 4 is 23.0 Å². The van der Waals surface area contributed by atoms with Crippen molar-refractivity contribution in [2.45, 2.75) is 84.3 Å². The van der Waals surface area contributed by atoms with Gasteiger partial charge in [-0.2, -0.15) is 0 Å². The predicted molar refractivity (Wildman–Crippen MR) is 125 cm³/mol. The van der Waals surface area contributed by atoms with E-state index in [9.17, 15) is 0 Å². The fourth-order valence-corrected chi connectivity index (χ4v) is 6.59. The smallest absolute Gasteiger partial charge is 0.173 e. The van der Waals surface area contributed by atoms with E-state index in [-0.39, 0.29) is 0 Å². The van der Waals surface area contributed by atoms with Crippen LogP contribution in [0.4, 0.5) is 5.69 Å². The number of anilines is 1. The quantitative estimate of drug-likeness (QED) is 0.556. The highest BCUT2D eigenvalue weighted by atomic mass is 32.1. The van der Waals surface area contributed by atoms with Crippen molar-refractivity contribution in [3.05, 3.63) is 30.3 Å². The van der Waals surface area contributed by atoms with E-state index in [0.717, 1.165) is 29.9 Å². The number of fused-ring (bicyclic) bond motifs is 2. The highest BCUT2D eigenvalue weighted by Crippen LogP contribution is 2.66. The average molecular weight is 415 g/mol. The van der Waals surface area contributed by atoms with E-state index < -0.39 is 0 Å². The first kappa shape index (κ1) is 21.1. The maximum absolute atomic E-state index is 6.57. The molecule has 3 aliphatic rings. The van der Waals surface area contributed by atoms with Crippen molar-refractivity contribution < 1.29 is 4.74 Å². The molecule has 3 atom stereocenters. The second-order valence-electron chi connectivity index (χ2n) is 10.3. The van der Waals surface area contributed by atoms with Gasteiger partial charge >= 0.3 is 0 Å². The van der Waals surface area contributed by atoms with Crippen LogP contribution in [-0.2, 0) is 4.74 Å². The third-order valence-corrected chi connectivity index (χ3v) is 9.00. The molecule has 0 aliphatic heterocycles. The zero-order valence-corrected chi connectivity index (χ0v) is 19.3. The van der Waals surface area contributed by atoms with Gasteiger partial charge in [-0.25, -0.2) is 0 Å². The first-order chi connectivity index (χ1) is 13.9. The van der Waals surface area contributed by atoms with Crippen LogP contribution < -0.4 is 5.32 Å². The Morgan fingerprint density at radius 2 is 1.83 bits per heavy atom. The summed E-state index contributed by atoms with van der Waals surface area (Å²) >= 11 is 5.86. The van der Waals surface area contributed by atoms with E-state index >= 15 is 0 Å². The number of ether oxygens (including phenoxy) is 1. The Balaban J connectivity index is 1.37. The normalized spacial score (nSPS) is 31.0. The van der Waals surface area contributed by atoms with Gasteiger partial charge < -0.3 is 15.0 Å². The summed E-state index contributed by atoms with van der Waals surface area (Å²) in [6.07, 6.45) is 10.8. The molecule has 3 fully saturated rings. The largest absolute Gasteiger partial charge is 0.376 e. The molecule has 29 heavy (non-hydrogen) atoms. The van der Waals surface area contributed by atoms with Crippen LogP contribution in [0.25, 0.3) is 0 Å². The van der Waals surface area contributed by atoms with Gasteiger partial charge in [0.1, 0.15) is 0 Å². The Hall–Kier alpha value is -1.13. The van der Waals surface area contributed by atoms with Gasteiger partial charge in [-0.1, -0.05) is 58.2 Å². The molecule has 0 radical (unpaired) electrons. The molecule has 0 aromatic heterocycles. The van der Waals surface area contributed by atoms with Gasteiger partial charge in [-0.3, -0.25) is 0 Å². The molecule has 0 heterocycles. The van der Waals surface area contributed by atoms with Crippen molar-refractivity contribution in [3.8, 4) is 0 Å². The molecular weight excluding hydrogens is 376 g/mol.